The maximum absolute atomic E-state index is 11.1. The van der Waals surface area contributed by atoms with E-state index in [1.807, 2.05) is 13.8 Å². The zero-order valence-corrected chi connectivity index (χ0v) is 9.67. The Labute approximate surface area is 86.6 Å². The Hall–Kier alpha value is -0.770. The molecule has 0 aromatic carbocycles. The van der Waals surface area contributed by atoms with E-state index in [0.29, 0.717) is 6.10 Å². The Morgan fingerprint density at radius 3 is 2.50 bits per heavy atom. The summed E-state index contributed by atoms with van der Waals surface area (Å²) in [5.74, 6) is 0. The molecule has 0 aromatic rings. The summed E-state index contributed by atoms with van der Waals surface area (Å²) >= 11 is 0. The zero-order chi connectivity index (χ0) is 11.0. The van der Waals surface area contributed by atoms with Gasteiger partial charge in [0, 0.05) is 27.2 Å². The van der Waals surface area contributed by atoms with Gasteiger partial charge in [-0.1, -0.05) is 0 Å². The summed E-state index contributed by atoms with van der Waals surface area (Å²) in [4.78, 5) is 12.6. The predicted octanol–water partition coefficient (Wildman–Crippen LogP) is 1.46. The van der Waals surface area contributed by atoms with E-state index < -0.39 is 0 Å². The van der Waals surface area contributed by atoms with Gasteiger partial charge in [0.05, 0.1) is 6.10 Å². The van der Waals surface area contributed by atoms with Gasteiger partial charge in [0.2, 0.25) is 0 Å². The van der Waals surface area contributed by atoms with Crippen LogP contribution in [0.1, 0.15) is 26.7 Å². The van der Waals surface area contributed by atoms with Crippen LogP contribution in [0.5, 0.6) is 0 Å². The van der Waals surface area contributed by atoms with Crippen molar-refractivity contribution in [2.24, 2.45) is 0 Å². The summed E-state index contributed by atoms with van der Waals surface area (Å²) in [6.07, 6.45) is 2.25. The molecule has 0 atom stereocenters. The monoisotopic (exact) mass is 202 g/mol. The molecule has 1 N–H and O–H groups in total. The highest BCUT2D eigenvalue weighted by atomic mass is 16.5. The second-order valence-corrected chi connectivity index (χ2v) is 3.75. The van der Waals surface area contributed by atoms with Gasteiger partial charge in [-0.2, -0.15) is 0 Å². The van der Waals surface area contributed by atoms with Crippen LogP contribution >= 0.6 is 0 Å². The van der Waals surface area contributed by atoms with Crippen LogP contribution in [0.25, 0.3) is 0 Å². The van der Waals surface area contributed by atoms with Gasteiger partial charge in [0.15, 0.2) is 0 Å². The van der Waals surface area contributed by atoms with Gasteiger partial charge in [0.25, 0.3) is 0 Å². The highest BCUT2D eigenvalue weighted by Crippen LogP contribution is 1.93. The number of hydrogen-bond acceptors (Lipinski definition) is 2. The molecule has 0 aromatic heterocycles. The molecule has 0 spiro atoms. The number of hydrogen-bond donors (Lipinski definition) is 1. The molecule has 84 valence electrons. The average Bonchev–Trinajstić information content (AvgIpc) is 2.09. The number of unbranched alkanes of at least 4 members (excludes halogenated alkanes) is 1. The van der Waals surface area contributed by atoms with E-state index in [1.165, 1.54) is 4.90 Å². The molecule has 0 bridgehead atoms. The van der Waals surface area contributed by atoms with E-state index in [4.69, 9.17) is 4.74 Å². The third-order valence-corrected chi connectivity index (χ3v) is 1.70. The number of urea groups is 1. The predicted molar refractivity (Wildman–Crippen MR) is 57.4 cm³/mol. The summed E-state index contributed by atoms with van der Waals surface area (Å²) < 4.78 is 5.37. The molecule has 0 rings (SSSR count). The van der Waals surface area contributed by atoms with E-state index in [9.17, 15) is 4.79 Å². The van der Waals surface area contributed by atoms with E-state index in [-0.39, 0.29) is 6.03 Å². The smallest absolute Gasteiger partial charge is 0.316 e. The number of amides is 2. The Morgan fingerprint density at radius 1 is 1.36 bits per heavy atom. The summed E-state index contributed by atoms with van der Waals surface area (Å²) in [6.45, 7) is 5.54. The summed E-state index contributed by atoms with van der Waals surface area (Å²) in [5.41, 5.74) is 0. The van der Waals surface area contributed by atoms with Crippen molar-refractivity contribution in [1.82, 2.24) is 10.2 Å². The van der Waals surface area contributed by atoms with Crippen molar-refractivity contribution in [1.29, 1.82) is 0 Å². The molecular formula is C10H22N2O2. The summed E-state index contributed by atoms with van der Waals surface area (Å²) in [6, 6.07) is -0.0326. The number of carbonyl (C=O) groups excluding carboxylic acids is 1. The fourth-order valence-electron chi connectivity index (χ4n) is 0.900. The molecule has 0 heterocycles. The van der Waals surface area contributed by atoms with Gasteiger partial charge in [-0.15, -0.1) is 0 Å². The van der Waals surface area contributed by atoms with Gasteiger partial charge in [-0.3, -0.25) is 0 Å². The van der Waals surface area contributed by atoms with Gasteiger partial charge in [-0.05, 0) is 26.7 Å². The van der Waals surface area contributed by atoms with Crippen molar-refractivity contribution in [3.8, 4) is 0 Å². The normalized spacial score (nSPS) is 10.4. The van der Waals surface area contributed by atoms with Gasteiger partial charge >= 0.3 is 6.03 Å². The van der Waals surface area contributed by atoms with Crippen LogP contribution in [0.4, 0.5) is 4.79 Å². The first kappa shape index (κ1) is 13.2. The largest absolute Gasteiger partial charge is 0.379 e. The van der Waals surface area contributed by atoms with E-state index in [1.54, 1.807) is 14.1 Å². The number of nitrogens with zero attached hydrogens (tertiary/aromatic N) is 1. The molecule has 0 fully saturated rings. The molecule has 0 saturated heterocycles. The molecule has 2 amide bonds. The highest BCUT2D eigenvalue weighted by molar-refractivity contribution is 5.73. The van der Waals surface area contributed by atoms with E-state index in [2.05, 4.69) is 5.32 Å². The second kappa shape index (κ2) is 7.62. The number of carbonyl (C=O) groups is 1. The SMILES string of the molecule is CC(C)OCCCCNC(=O)N(C)C. The van der Waals surface area contributed by atoms with Crippen LogP contribution in [0.15, 0.2) is 0 Å². The quantitative estimate of drug-likeness (QED) is 0.663. The van der Waals surface area contributed by atoms with Crippen LogP contribution in [-0.2, 0) is 4.74 Å². The molecule has 0 radical (unpaired) electrons. The summed E-state index contributed by atoms with van der Waals surface area (Å²) in [5, 5.41) is 2.80. The fraction of sp³-hybridized carbons (Fsp3) is 0.900. The Kier molecular flexibility index (Phi) is 7.20. The molecular weight excluding hydrogens is 180 g/mol. The molecule has 0 aliphatic heterocycles. The lowest BCUT2D eigenvalue weighted by Gasteiger charge is -2.12. The van der Waals surface area contributed by atoms with Crippen molar-refractivity contribution in [3.63, 3.8) is 0 Å². The van der Waals surface area contributed by atoms with E-state index >= 15 is 0 Å². The molecule has 4 heteroatoms. The standard InChI is InChI=1S/C10H22N2O2/c1-9(2)14-8-6-5-7-11-10(13)12(3)4/h9H,5-8H2,1-4H3,(H,11,13). The molecule has 0 unspecified atom stereocenters. The van der Waals surface area contributed by atoms with Gasteiger partial charge < -0.3 is 15.0 Å². The molecule has 0 saturated carbocycles. The van der Waals surface area contributed by atoms with Gasteiger partial charge in [0.1, 0.15) is 0 Å². The van der Waals surface area contributed by atoms with Crippen molar-refractivity contribution in [2.75, 3.05) is 27.2 Å². The first-order valence-corrected chi connectivity index (χ1v) is 5.10. The van der Waals surface area contributed by atoms with Gasteiger partial charge in [-0.25, -0.2) is 4.79 Å². The third kappa shape index (κ3) is 7.86. The highest BCUT2D eigenvalue weighted by Gasteiger charge is 2.00. The van der Waals surface area contributed by atoms with Crippen LogP contribution < -0.4 is 5.32 Å². The van der Waals surface area contributed by atoms with Crippen LogP contribution in [0, 0.1) is 0 Å². The minimum Gasteiger partial charge on any atom is -0.379 e. The minimum atomic E-state index is -0.0326. The zero-order valence-electron chi connectivity index (χ0n) is 9.67. The number of rotatable bonds is 6. The maximum Gasteiger partial charge on any atom is 0.316 e. The average molecular weight is 202 g/mol. The fourth-order valence-corrected chi connectivity index (χ4v) is 0.900. The summed E-state index contributed by atoms with van der Waals surface area (Å²) in [7, 11) is 3.47. The lowest BCUT2D eigenvalue weighted by atomic mass is 10.3. The molecule has 0 aliphatic carbocycles. The minimum absolute atomic E-state index is 0.0326. The molecule has 0 aliphatic rings. The number of nitrogens with one attached hydrogen (secondary N) is 1. The Morgan fingerprint density at radius 2 is 2.00 bits per heavy atom. The number of ether oxygens (including phenoxy) is 1. The van der Waals surface area contributed by atoms with Crippen molar-refractivity contribution >= 4 is 6.03 Å². The topological polar surface area (TPSA) is 41.6 Å². The Bertz CT molecular complexity index is 158. The second-order valence-electron chi connectivity index (χ2n) is 3.75. The van der Waals surface area contributed by atoms with E-state index in [0.717, 1.165) is 26.0 Å². The molecule has 14 heavy (non-hydrogen) atoms. The lowest BCUT2D eigenvalue weighted by Crippen LogP contribution is -2.35. The first-order chi connectivity index (χ1) is 6.54. The van der Waals surface area contributed by atoms with Crippen molar-refractivity contribution in [3.05, 3.63) is 0 Å². The van der Waals surface area contributed by atoms with Crippen LogP contribution in [0.2, 0.25) is 0 Å². The Balaban J connectivity index is 3.18. The third-order valence-electron chi connectivity index (χ3n) is 1.70. The van der Waals surface area contributed by atoms with Crippen molar-refractivity contribution < 1.29 is 9.53 Å². The maximum atomic E-state index is 11.1. The van der Waals surface area contributed by atoms with Crippen LogP contribution in [-0.4, -0.2) is 44.3 Å². The van der Waals surface area contributed by atoms with Crippen molar-refractivity contribution in [2.45, 2.75) is 32.8 Å². The van der Waals surface area contributed by atoms with Crippen LogP contribution in [0.3, 0.4) is 0 Å². The first-order valence-electron chi connectivity index (χ1n) is 5.10. The lowest BCUT2D eigenvalue weighted by molar-refractivity contribution is 0.0760. The molecule has 4 nitrogen and oxygen atoms in total.